The summed E-state index contributed by atoms with van der Waals surface area (Å²) in [5, 5.41) is 32.2. The van der Waals surface area contributed by atoms with Crippen molar-refractivity contribution in [2.75, 3.05) is 6.61 Å². The van der Waals surface area contributed by atoms with E-state index in [1.54, 1.807) is 5.32 Å². The number of non-ortho nitro benzene ring substituents is 1. The fourth-order valence-corrected chi connectivity index (χ4v) is 3.13. The van der Waals surface area contributed by atoms with Gasteiger partial charge in [-0.2, -0.15) is 13.2 Å². The van der Waals surface area contributed by atoms with Gasteiger partial charge in [0.05, 0.1) is 23.2 Å². The van der Waals surface area contributed by atoms with Crippen LogP contribution in [0.5, 0.6) is 0 Å². The summed E-state index contributed by atoms with van der Waals surface area (Å²) in [6.45, 7) is -0.932. The number of carbonyl (C=O) groups is 1. The second-order valence-electron chi connectivity index (χ2n) is 6.32. The highest BCUT2D eigenvalue weighted by Gasteiger charge is 2.39. The van der Waals surface area contributed by atoms with Crippen LogP contribution in [-0.2, 0) is 16.1 Å². The Kier molecular flexibility index (Phi) is 5.28. The van der Waals surface area contributed by atoms with Crippen molar-refractivity contribution in [2.45, 2.75) is 37.6 Å². The third-order valence-electron chi connectivity index (χ3n) is 4.50. The quantitative estimate of drug-likeness (QED) is 0.511. The van der Waals surface area contributed by atoms with E-state index in [-0.39, 0.29) is 23.1 Å². The van der Waals surface area contributed by atoms with Crippen LogP contribution in [0.15, 0.2) is 24.4 Å². The lowest BCUT2D eigenvalue weighted by molar-refractivity contribution is -0.384. The zero-order valence-electron chi connectivity index (χ0n) is 14.2. The van der Waals surface area contributed by atoms with Crippen molar-refractivity contribution >= 4 is 22.5 Å². The molecule has 1 fully saturated rings. The molecule has 0 saturated carbocycles. The molecule has 0 radical (unpaired) electrons. The van der Waals surface area contributed by atoms with Crippen LogP contribution >= 0.6 is 0 Å². The summed E-state index contributed by atoms with van der Waals surface area (Å²) < 4.78 is 44.4. The van der Waals surface area contributed by atoms with Gasteiger partial charge in [0.15, 0.2) is 0 Å². The normalized spacial score (nSPS) is 22.5. The number of amides is 1. The van der Waals surface area contributed by atoms with Crippen LogP contribution in [0.3, 0.4) is 0 Å². The van der Waals surface area contributed by atoms with Gasteiger partial charge >= 0.3 is 12.1 Å². The second-order valence-corrected chi connectivity index (χ2v) is 6.32. The Morgan fingerprint density at radius 3 is 2.71 bits per heavy atom. The van der Waals surface area contributed by atoms with E-state index < -0.39 is 48.6 Å². The number of ether oxygens (including phenoxy) is 1. The molecule has 0 aliphatic carbocycles. The Morgan fingerprint density at radius 2 is 2.14 bits per heavy atom. The number of nitrogens with zero attached hydrogens (tertiary/aromatic N) is 2. The maximum Gasteiger partial charge on any atom is 0.471 e. The second kappa shape index (κ2) is 7.37. The smallest absolute Gasteiger partial charge is 0.394 e. The third kappa shape index (κ3) is 3.79. The van der Waals surface area contributed by atoms with Crippen LogP contribution in [-0.4, -0.2) is 50.6 Å². The van der Waals surface area contributed by atoms with Crippen molar-refractivity contribution in [1.82, 2.24) is 9.88 Å². The van der Waals surface area contributed by atoms with E-state index in [0.717, 1.165) is 0 Å². The first-order chi connectivity index (χ1) is 13.1. The summed E-state index contributed by atoms with van der Waals surface area (Å²) in [5.74, 6) is -2.13. The molecule has 1 saturated heterocycles. The number of hydrogen-bond donors (Lipinski definition) is 3. The number of nitro benzene ring substituents is 1. The fourth-order valence-electron chi connectivity index (χ4n) is 3.13. The molecule has 0 spiro atoms. The molecule has 9 nitrogen and oxygen atoms in total. The van der Waals surface area contributed by atoms with Gasteiger partial charge in [0.1, 0.15) is 12.3 Å². The van der Waals surface area contributed by atoms with Crippen molar-refractivity contribution in [3.63, 3.8) is 0 Å². The molecule has 3 atom stereocenters. The summed E-state index contributed by atoms with van der Waals surface area (Å²) in [6, 6.07) is 3.83. The lowest BCUT2D eigenvalue weighted by Gasteiger charge is -2.15. The number of aromatic nitrogens is 1. The van der Waals surface area contributed by atoms with Crippen LogP contribution in [0.4, 0.5) is 18.9 Å². The Labute approximate surface area is 155 Å². The average Bonchev–Trinajstić information content (AvgIpc) is 3.18. The number of rotatable bonds is 5. The Morgan fingerprint density at radius 1 is 1.43 bits per heavy atom. The lowest BCUT2D eigenvalue weighted by atomic mass is 10.1. The van der Waals surface area contributed by atoms with E-state index in [1.807, 2.05) is 0 Å². The van der Waals surface area contributed by atoms with E-state index in [0.29, 0.717) is 5.52 Å². The van der Waals surface area contributed by atoms with E-state index in [9.17, 15) is 38.3 Å². The molecule has 152 valence electrons. The van der Waals surface area contributed by atoms with Crippen molar-refractivity contribution in [1.29, 1.82) is 0 Å². The Bertz CT molecular complexity index is 913. The summed E-state index contributed by atoms with van der Waals surface area (Å²) in [5.41, 5.74) is 0.355. The molecule has 0 bridgehead atoms. The van der Waals surface area contributed by atoms with Crippen LogP contribution in [0.2, 0.25) is 0 Å². The standard InChI is InChI=1S/C16H16F3N3O6/c17-16(18,19)15(25)20-5-8-6-21(14-4-12(24)13(7-23)28-14)11-2-1-9(22(26)27)3-10(8)11/h1-3,6,12-14,23-24H,4-5,7H2,(H,20,25). The largest absolute Gasteiger partial charge is 0.471 e. The molecular formula is C16H16F3N3O6. The number of nitro groups is 1. The molecule has 1 aromatic heterocycles. The van der Waals surface area contributed by atoms with Gasteiger partial charge in [0.25, 0.3) is 5.69 Å². The number of benzene rings is 1. The average molecular weight is 403 g/mol. The maximum absolute atomic E-state index is 12.4. The zero-order valence-corrected chi connectivity index (χ0v) is 14.2. The van der Waals surface area contributed by atoms with E-state index in [4.69, 9.17) is 4.74 Å². The highest BCUT2D eigenvalue weighted by Crippen LogP contribution is 2.35. The van der Waals surface area contributed by atoms with Crippen LogP contribution in [0.1, 0.15) is 18.2 Å². The molecule has 3 N–H and O–H groups in total. The Balaban J connectivity index is 1.98. The summed E-state index contributed by atoms with van der Waals surface area (Å²) in [4.78, 5) is 21.5. The van der Waals surface area contributed by atoms with Gasteiger partial charge in [-0.25, -0.2) is 0 Å². The minimum Gasteiger partial charge on any atom is -0.394 e. The SMILES string of the molecule is O=C(NCc1cn(C2CC(O)C(CO)O2)c2ccc([N+](=O)[O-])cc12)C(F)(F)F. The van der Waals surface area contributed by atoms with Gasteiger partial charge in [0, 0.05) is 36.7 Å². The zero-order chi connectivity index (χ0) is 20.6. The van der Waals surface area contributed by atoms with E-state index >= 15 is 0 Å². The van der Waals surface area contributed by atoms with Gasteiger partial charge in [-0.15, -0.1) is 0 Å². The summed E-state index contributed by atoms with van der Waals surface area (Å²) >= 11 is 0. The number of alkyl halides is 3. The molecule has 3 unspecified atom stereocenters. The summed E-state index contributed by atoms with van der Waals surface area (Å²) in [6.07, 6.45) is -6.05. The van der Waals surface area contributed by atoms with Crippen LogP contribution in [0, 0.1) is 10.1 Å². The minimum atomic E-state index is -5.06. The molecule has 1 amide bonds. The first-order valence-electron chi connectivity index (χ1n) is 8.19. The van der Waals surface area contributed by atoms with Crippen molar-refractivity contribution < 1.29 is 37.8 Å². The van der Waals surface area contributed by atoms with Crippen molar-refractivity contribution in [3.8, 4) is 0 Å². The molecule has 3 rings (SSSR count). The number of aliphatic hydroxyl groups is 2. The number of aliphatic hydroxyl groups excluding tert-OH is 2. The van der Waals surface area contributed by atoms with Gasteiger partial charge in [-0.3, -0.25) is 14.9 Å². The number of nitrogens with one attached hydrogen (secondary N) is 1. The van der Waals surface area contributed by atoms with Gasteiger partial charge in [0.2, 0.25) is 0 Å². The predicted octanol–water partition coefficient (Wildman–Crippen LogP) is 1.37. The highest BCUT2D eigenvalue weighted by atomic mass is 19.4. The monoisotopic (exact) mass is 403 g/mol. The first kappa shape index (κ1) is 20.0. The summed E-state index contributed by atoms with van der Waals surface area (Å²) in [7, 11) is 0. The minimum absolute atomic E-state index is 0.111. The lowest BCUT2D eigenvalue weighted by Crippen LogP contribution is -2.36. The van der Waals surface area contributed by atoms with Crippen molar-refractivity contribution in [2.24, 2.45) is 0 Å². The van der Waals surface area contributed by atoms with Gasteiger partial charge in [-0.05, 0) is 11.6 Å². The topological polar surface area (TPSA) is 127 Å². The van der Waals surface area contributed by atoms with Crippen LogP contribution in [0.25, 0.3) is 10.9 Å². The Hall–Kier alpha value is -2.70. The predicted molar refractivity (Wildman–Crippen MR) is 88.1 cm³/mol. The van der Waals surface area contributed by atoms with Gasteiger partial charge in [-0.1, -0.05) is 0 Å². The third-order valence-corrected chi connectivity index (χ3v) is 4.50. The van der Waals surface area contributed by atoms with Gasteiger partial charge < -0.3 is 24.8 Å². The molecule has 1 aliphatic heterocycles. The molecule has 12 heteroatoms. The van der Waals surface area contributed by atoms with E-state index in [2.05, 4.69) is 0 Å². The highest BCUT2D eigenvalue weighted by molar-refractivity contribution is 5.87. The molecule has 1 aliphatic rings. The van der Waals surface area contributed by atoms with Crippen molar-refractivity contribution in [3.05, 3.63) is 40.1 Å². The van der Waals surface area contributed by atoms with Crippen LogP contribution < -0.4 is 5.32 Å². The molecule has 2 aromatic rings. The number of hydrogen-bond acceptors (Lipinski definition) is 6. The van der Waals surface area contributed by atoms with E-state index in [1.165, 1.54) is 29.0 Å². The molecule has 1 aromatic carbocycles. The number of carbonyl (C=O) groups excluding carboxylic acids is 1. The first-order valence-corrected chi connectivity index (χ1v) is 8.19. The molecule has 28 heavy (non-hydrogen) atoms. The fraction of sp³-hybridized carbons (Fsp3) is 0.438. The maximum atomic E-state index is 12.4. The number of halogens is 3. The molecular weight excluding hydrogens is 387 g/mol. The molecule has 2 heterocycles. The number of fused-ring (bicyclic) bond motifs is 1.